The largest absolute Gasteiger partial charge is 0.490 e. The Morgan fingerprint density at radius 1 is 1.40 bits per heavy atom. The van der Waals surface area contributed by atoms with E-state index < -0.39 is 13.0 Å². The van der Waals surface area contributed by atoms with Gasteiger partial charge in [0.1, 0.15) is 24.3 Å². The molecule has 2 heterocycles. The summed E-state index contributed by atoms with van der Waals surface area (Å²) in [5, 5.41) is 3.28. The maximum atomic E-state index is 12.7. The number of anilines is 1. The summed E-state index contributed by atoms with van der Waals surface area (Å²) in [6.07, 6.45) is 1.98. The second-order valence-electron chi connectivity index (χ2n) is 5.20. The van der Waals surface area contributed by atoms with Gasteiger partial charge in [0, 0.05) is 12.7 Å². The summed E-state index contributed by atoms with van der Waals surface area (Å²) in [7, 11) is -2.90. The lowest BCUT2D eigenvalue weighted by molar-refractivity contribution is -0.107. The van der Waals surface area contributed by atoms with Crippen LogP contribution in [0.3, 0.4) is 0 Å². The maximum absolute atomic E-state index is 12.7. The van der Waals surface area contributed by atoms with Crippen LogP contribution in [0.25, 0.3) is 0 Å². The fraction of sp³-hybridized carbons (Fsp3) is 0.500. The summed E-state index contributed by atoms with van der Waals surface area (Å²) < 4.78 is 23.7. The molecule has 1 aromatic carbocycles. The van der Waals surface area contributed by atoms with Gasteiger partial charge in [0.15, 0.2) is 0 Å². The minimum Gasteiger partial charge on any atom is -0.490 e. The van der Waals surface area contributed by atoms with E-state index >= 15 is 0 Å². The van der Waals surface area contributed by atoms with Crippen LogP contribution in [-0.4, -0.2) is 32.2 Å². The molecule has 2 unspecified atom stereocenters. The molecule has 0 radical (unpaired) electrons. The fourth-order valence-electron chi connectivity index (χ4n) is 2.82. The van der Waals surface area contributed by atoms with Crippen molar-refractivity contribution in [2.24, 2.45) is 0 Å². The lowest BCUT2D eigenvalue weighted by Gasteiger charge is -2.24. The van der Waals surface area contributed by atoms with Crippen molar-refractivity contribution in [3.8, 4) is 5.75 Å². The lowest BCUT2D eigenvalue weighted by Crippen LogP contribution is -2.19. The first-order chi connectivity index (χ1) is 9.64. The van der Waals surface area contributed by atoms with Crippen LogP contribution in [0, 0.1) is 6.92 Å². The molecule has 1 aromatic rings. The van der Waals surface area contributed by atoms with E-state index in [0.29, 0.717) is 19.4 Å². The molecule has 5 nitrogen and oxygen atoms in total. The third kappa shape index (κ3) is 2.25. The highest BCUT2D eigenvalue weighted by Gasteiger charge is 2.39. The van der Waals surface area contributed by atoms with Gasteiger partial charge in [-0.2, -0.15) is 0 Å². The monoisotopic (exact) mass is 295 g/mol. The molecule has 0 spiro atoms. The number of fused-ring (bicyclic) bond motifs is 1. The Labute approximate surface area is 118 Å². The van der Waals surface area contributed by atoms with Crippen LogP contribution < -0.4 is 10.1 Å². The van der Waals surface area contributed by atoms with E-state index in [1.807, 2.05) is 19.1 Å². The van der Waals surface area contributed by atoms with Crippen LogP contribution in [0.4, 0.5) is 5.69 Å². The average Bonchev–Trinajstić information content (AvgIpc) is 2.87. The number of hydrogen-bond acceptors (Lipinski definition) is 5. The Morgan fingerprint density at radius 2 is 2.25 bits per heavy atom. The molecule has 1 N–H and O–H groups in total. The normalized spacial score (nSPS) is 26.2. The highest BCUT2D eigenvalue weighted by atomic mass is 31.2. The van der Waals surface area contributed by atoms with Crippen molar-refractivity contribution >= 4 is 19.3 Å². The van der Waals surface area contributed by atoms with Gasteiger partial charge >= 0.3 is 0 Å². The highest BCUT2D eigenvalue weighted by Crippen LogP contribution is 2.62. The standard InChI is InChI=1S/C14H18NO4P/c1-10-7-11(8-12-14(10)15-3-5-18-12)13(9-16)20(17)6-2-4-19-20/h7-9,13,15H,2-6H2,1H3. The van der Waals surface area contributed by atoms with Gasteiger partial charge < -0.3 is 19.4 Å². The molecule has 6 heteroatoms. The number of nitrogens with one attached hydrogen (secondary N) is 1. The zero-order valence-corrected chi connectivity index (χ0v) is 12.3. The minimum atomic E-state index is -2.90. The first kappa shape index (κ1) is 13.7. The zero-order chi connectivity index (χ0) is 14.2. The molecule has 1 fully saturated rings. The molecule has 0 amide bonds. The van der Waals surface area contributed by atoms with Crippen molar-refractivity contribution in [3.05, 3.63) is 23.3 Å². The minimum absolute atomic E-state index is 0.476. The smallest absolute Gasteiger partial charge is 0.217 e. The highest BCUT2D eigenvalue weighted by molar-refractivity contribution is 7.60. The predicted molar refractivity (Wildman–Crippen MR) is 77.0 cm³/mol. The van der Waals surface area contributed by atoms with E-state index in [9.17, 15) is 9.36 Å². The second-order valence-corrected chi connectivity index (χ2v) is 7.92. The van der Waals surface area contributed by atoms with Crippen LogP contribution in [0.5, 0.6) is 5.75 Å². The molecule has 108 valence electrons. The number of rotatable bonds is 3. The molecule has 0 bridgehead atoms. The molecule has 20 heavy (non-hydrogen) atoms. The van der Waals surface area contributed by atoms with Crippen molar-refractivity contribution < 1.29 is 18.6 Å². The van der Waals surface area contributed by atoms with Gasteiger partial charge in [-0.05, 0) is 30.5 Å². The van der Waals surface area contributed by atoms with Gasteiger partial charge in [0.25, 0.3) is 0 Å². The maximum Gasteiger partial charge on any atom is 0.217 e. The second kappa shape index (κ2) is 5.23. The molecule has 3 rings (SSSR count). The molecular formula is C14H18NO4P. The molecule has 0 aliphatic carbocycles. The quantitative estimate of drug-likeness (QED) is 0.686. The summed E-state index contributed by atoms with van der Waals surface area (Å²) in [5.74, 6) is 0.726. The molecule has 0 aromatic heterocycles. The van der Waals surface area contributed by atoms with Crippen LogP contribution in [0.1, 0.15) is 23.2 Å². The van der Waals surface area contributed by atoms with Gasteiger partial charge in [-0.1, -0.05) is 6.07 Å². The molecule has 2 aliphatic rings. The van der Waals surface area contributed by atoms with Gasteiger partial charge in [-0.3, -0.25) is 4.57 Å². The number of hydrogen-bond donors (Lipinski definition) is 1. The lowest BCUT2D eigenvalue weighted by atomic mass is 10.1. The molecule has 0 saturated carbocycles. The zero-order valence-electron chi connectivity index (χ0n) is 11.4. The fourth-order valence-corrected chi connectivity index (χ4v) is 5.18. The number of benzene rings is 1. The van der Waals surface area contributed by atoms with Crippen LogP contribution in [0.15, 0.2) is 12.1 Å². The van der Waals surface area contributed by atoms with Crippen molar-refractivity contribution in [1.29, 1.82) is 0 Å². The predicted octanol–water partition coefficient (Wildman–Crippen LogP) is 2.74. The summed E-state index contributed by atoms with van der Waals surface area (Å²) in [6, 6.07) is 3.72. The summed E-state index contributed by atoms with van der Waals surface area (Å²) in [5.41, 5.74) is 2.00. The van der Waals surface area contributed by atoms with Crippen LogP contribution in [-0.2, 0) is 13.9 Å². The Bertz CT molecular complexity index is 577. The molecular weight excluding hydrogens is 277 g/mol. The number of aldehydes is 1. The van der Waals surface area contributed by atoms with E-state index in [0.717, 1.165) is 41.8 Å². The van der Waals surface area contributed by atoms with E-state index in [1.54, 1.807) is 0 Å². The topological polar surface area (TPSA) is 64.6 Å². The van der Waals surface area contributed by atoms with Crippen LogP contribution >= 0.6 is 7.37 Å². The van der Waals surface area contributed by atoms with E-state index in [1.165, 1.54) is 0 Å². The van der Waals surface area contributed by atoms with E-state index in [4.69, 9.17) is 9.26 Å². The van der Waals surface area contributed by atoms with E-state index in [-0.39, 0.29) is 0 Å². The van der Waals surface area contributed by atoms with Crippen molar-refractivity contribution in [2.75, 3.05) is 31.2 Å². The Morgan fingerprint density at radius 3 is 2.95 bits per heavy atom. The van der Waals surface area contributed by atoms with Crippen LogP contribution in [0.2, 0.25) is 0 Å². The molecule has 2 atom stereocenters. The van der Waals surface area contributed by atoms with Gasteiger partial charge in [0.2, 0.25) is 7.37 Å². The average molecular weight is 295 g/mol. The SMILES string of the molecule is Cc1cc(C(C=O)P2(=O)CCCO2)cc2c1NCCO2. The Kier molecular flexibility index (Phi) is 3.57. The Balaban J connectivity index is 2.02. The summed E-state index contributed by atoms with van der Waals surface area (Å²) in [6.45, 7) is 3.79. The summed E-state index contributed by atoms with van der Waals surface area (Å²) in [4.78, 5) is 11.5. The number of carbonyl (C=O) groups is 1. The van der Waals surface area contributed by atoms with Crippen molar-refractivity contribution in [1.82, 2.24) is 0 Å². The number of carbonyl (C=O) groups excluding carboxylic acids is 1. The third-order valence-electron chi connectivity index (χ3n) is 3.80. The van der Waals surface area contributed by atoms with E-state index in [2.05, 4.69) is 5.32 Å². The third-order valence-corrected chi connectivity index (χ3v) is 6.63. The number of aryl methyl sites for hydroxylation is 1. The number of ether oxygens (including phenoxy) is 1. The van der Waals surface area contributed by atoms with Gasteiger partial charge in [0.05, 0.1) is 12.3 Å². The van der Waals surface area contributed by atoms with Gasteiger partial charge in [-0.25, -0.2) is 0 Å². The molecule has 2 aliphatic heterocycles. The first-order valence-electron chi connectivity index (χ1n) is 6.84. The Hall–Kier alpha value is -1.32. The first-order valence-corrected chi connectivity index (χ1v) is 8.72. The van der Waals surface area contributed by atoms with Crippen molar-refractivity contribution in [2.45, 2.75) is 19.0 Å². The summed E-state index contributed by atoms with van der Waals surface area (Å²) >= 11 is 0. The van der Waals surface area contributed by atoms with Crippen molar-refractivity contribution in [3.63, 3.8) is 0 Å². The van der Waals surface area contributed by atoms with Gasteiger partial charge in [-0.15, -0.1) is 0 Å². The molecule has 1 saturated heterocycles.